The Morgan fingerprint density at radius 1 is 1.21 bits per heavy atom. The van der Waals surface area contributed by atoms with E-state index in [9.17, 15) is 0 Å². The first-order valence-electron chi connectivity index (χ1n) is 3.59. The van der Waals surface area contributed by atoms with Crippen molar-refractivity contribution >= 4 is 19.6 Å². The number of hydrogen-bond acceptors (Lipinski definition) is 2. The molecule has 6 heteroatoms. The highest BCUT2D eigenvalue weighted by Gasteiger charge is 2.00. The molecule has 0 saturated heterocycles. The molecule has 0 unspecified atom stereocenters. The standard InChI is InChI=1S/C8H9N.H3O4P/c1-2-7-3-5-8(9)6-4-7;1-5(2,3)4/h2-6H,1,9H2;(H3,1,2,3,4). The Kier molecular flexibility index (Phi) is 5.12. The quantitative estimate of drug-likeness (QED) is 0.414. The van der Waals surface area contributed by atoms with E-state index >= 15 is 0 Å². The summed E-state index contributed by atoms with van der Waals surface area (Å²) < 4.78 is 8.88. The molecule has 0 fully saturated rings. The van der Waals surface area contributed by atoms with Crippen molar-refractivity contribution in [3.05, 3.63) is 36.4 Å². The van der Waals surface area contributed by atoms with Crippen LogP contribution >= 0.6 is 7.82 Å². The third-order valence-corrected chi connectivity index (χ3v) is 1.17. The minimum atomic E-state index is -4.64. The maximum Gasteiger partial charge on any atom is 0.466 e. The van der Waals surface area contributed by atoms with Gasteiger partial charge in [-0.05, 0) is 17.7 Å². The van der Waals surface area contributed by atoms with Crippen molar-refractivity contribution in [2.45, 2.75) is 0 Å². The van der Waals surface area contributed by atoms with Gasteiger partial charge in [0, 0.05) is 5.69 Å². The lowest BCUT2D eigenvalue weighted by molar-refractivity contribution is 0.275. The van der Waals surface area contributed by atoms with Crippen molar-refractivity contribution < 1.29 is 19.2 Å². The Bertz CT molecular complexity index is 321. The van der Waals surface area contributed by atoms with E-state index < -0.39 is 7.82 Å². The largest absolute Gasteiger partial charge is 0.466 e. The van der Waals surface area contributed by atoms with Crippen LogP contribution in [0, 0.1) is 0 Å². The van der Waals surface area contributed by atoms with Crippen LogP contribution in [0.1, 0.15) is 5.56 Å². The lowest BCUT2D eigenvalue weighted by atomic mass is 10.2. The molecule has 78 valence electrons. The van der Waals surface area contributed by atoms with Crippen molar-refractivity contribution in [3.63, 3.8) is 0 Å². The Morgan fingerprint density at radius 2 is 1.57 bits per heavy atom. The smallest absolute Gasteiger partial charge is 0.399 e. The van der Waals surface area contributed by atoms with Gasteiger partial charge < -0.3 is 20.4 Å². The molecule has 1 aromatic rings. The van der Waals surface area contributed by atoms with Gasteiger partial charge in [0.15, 0.2) is 0 Å². The first-order chi connectivity index (χ1) is 6.33. The van der Waals surface area contributed by atoms with E-state index in [1.54, 1.807) is 6.08 Å². The van der Waals surface area contributed by atoms with Crippen LogP contribution in [0.15, 0.2) is 30.8 Å². The van der Waals surface area contributed by atoms with Crippen molar-refractivity contribution in [2.24, 2.45) is 0 Å². The molecule has 0 aromatic heterocycles. The number of hydrogen-bond donors (Lipinski definition) is 4. The number of benzene rings is 1. The van der Waals surface area contributed by atoms with Crippen LogP contribution in [0.25, 0.3) is 6.08 Å². The molecule has 0 heterocycles. The van der Waals surface area contributed by atoms with Crippen LogP contribution in [0.2, 0.25) is 0 Å². The highest BCUT2D eigenvalue weighted by atomic mass is 31.2. The SMILES string of the molecule is C=Cc1ccc(N)cc1.O=P(O)(O)O. The number of rotatable bonds is 1. The van der Waals surface area contributed by atoms with E-state index in [0.29, 0.717) is 0 Å². The molecule has 0 aliphatic heterocycles. The van der Waals surface area contributed by atoms with Gasteiger partial charge in [-0.2, -0.15) is 0 Å². The molecule has 1 aromatic carbocycles. The van der Waals surface area contributed by atoms with Gasteiger partial charge in [0.25, 0.3) is 0 Å². The molecule has 5 N–H and O–H groups in total. The molecule has 0 atom stereocenters. The second kappa shape index (κ2) is 5.57. The normalized spacial score (nSPS) is 9.93. The molecule has 0 spiro atoms. The van der Waals surface area contributed by atoms with E-state index in [-0.39, 0.29) is 0 Å². The monoisotopic (exact) mass is 217 g/mol. The highest BCUT2D eigenvalue weighted by Crippen LogP contribution is 2.25. The van der Waals surface area contributed by atoms with Gasteiger partial charge in [-0.3, -0.25) is 0 Å². The topological polar surface area (TPSA) is 104 Å². The summed E-state index contributed by atoms with van der Waals surface area (Å²) in [4.78, 5) is 21.6. The predicted molar refractivity (Wildman–Crippen MR) is 55.2 cm³/mol. The van der Waals surface area contributed by atoms with Crippen LogP contribution in [0.5, 0.6) is 0 Å². The summed E-state index contributed by atoms with van der Waals surface area (Å²) in [6.07, 6.45) is 1.79. The fourth-order valence-electron chi connectivity index (χ4n) is 0.632. The van der Waals surface area contributed by atoms with Gasteiger partial charge in [0.2, 0.25) is 0 Å². The summed E-state index contributed by atoms with van der Waals surface area (Å²) in [5.74, 6) is 0. The molecule has 5 nitrogen and oxygen atoms in total. The summed E-state index contributed by atoms with van der Waals surface area (Å²) in [6.45, 7) is 3.62. The van der Waals surface area contributed by atoms with E-state index in [1.165, 1.54) is 0 Å². The zero-order valence-corrected chi connectivity index (χ0v) is 8.26. The molecular weight excluding hydrogens is 205 g/mol. The molecule has 0 radical (unpaired) electrons. The zero-order chi connectivity index (χ0) is 11.2. The van der Waals surface area contributed by atoms with Gasteiger partial charge in [0.05, 0.1) is 0 Å². The highest BCUT2D eigenvalue weighted by molar-refractivity contribution is 7.45. The number of anilines is 1. The van der Waals surface area contributed by atoms with Gasteiger partial charge in [0.1, 0.15) is 0 Å². The molecule has 14 heavy (non-hydrogen) atoms. The molecule has 0 aliphatic carbocycles. The lowest BCUT2D eigenvalue weighted by Crippen LogP contribution is -1.81. The second-order valence-corrected chi connectivity index (χ2v) is 3.41. The van der Waals surface area contributed by atoms with Crippen LogP contribution < -0.4 is 5.73 Å². The summed E-state index contributed by atoms with van der Waals surface area (Å²) in [5, 5.41) is 0. The van der Waals surface area contributed by atoms with Crippen molar-refractivity contribution in [2.75, 3.05) is 5.73 Å². The van der Waals surface area contributed by atoms with E-state index in [0.717, 1.165) is 11.3 Å². The van der Waals surface area contributed by atoms with E-state index in [1.807, 2.05) is 24.3 Å². The predicted octanol–water partition coefficient (Wildman–Crippen LogP) is 0.983. The lowest BCUT2D eigenvalue weighted by Gasteiger charge is -1.91. The fourth-order valence-corrected chi connectivity index (χ4v) is 0.632. The van der Waals surface area contributed by atoms with E-state index in [4.69, 9.17) is 25.0 Å². The van der Waals surface area contributed by atoms with Crippen LogP contribution in [-0.2, 0) is 4.57 Å². The third kappa shape index (κ3) is 8.96. The summed E-state index contributed by atoms with van der Waals surface area (Å²) in [7, 11) is -4.64. The molecule has 0 aliphatic rings. The Labute approximate surface area is 81.7 Å². The van der Waals surface area contributed by atoms with Crippen molar-refractivity contribution in [1.29, 1.82) is 0 Å². The maximum absolute atomic E-state index is 8.88. The van der Waals surface area contributed by atoms with Gasteiger partial charge in [-0.25, -0.2) is 4.57 Å². The van der Waals surface area contributed by atoms with Crippen molar-refractivity contribution in [1.82, 2.24) is 0 Å². The van der Waals surface area contributed by atoms with Gasteiger partial charge in [-0.15, -0.1) is 0 Å². The van der Waals surface area contributed by atoms with Crippen molar-refractivity contribution in [3.8, 4) is 0 Å². The molecule has 1 rings (SSSR count). The number of nitrogens with two attached hydrogens (primary N) is 1. The molecule has 0 amide bonds. The number of phosphoric acid groups is 1. The summed E-state index contributed by atoms with van der Waals surface area (Å²) in [5.41, 5.74) is 7.34. The molecular formula is C8H12NO4P. The Morgan fingerprint density at radius 3 is 1.86 bits per heavy atom. The average Bonchev–Trinajstić information content (AvgIpc) is 2.03. The van der Waals surface area contributed by atoms with Crippen LogP contribution in [0.3, 0.4) is 0 Å². The van der Waals surface area contributed by atoms with Gasteiger partial charge >= 0.3 is 7.82 Å². The average molecular weight is 217 g/mol. The Balaban J connectivity index is 0.000000292. The minimum Gasteiger partial charge on any atom is -0.399 e. The summed E-state index contributed by atoms with van der Waals surface area (Å²) in [6, 6.07) is 7.58. The fraction of sp³-hybridized carbons (Fsp3) is 0. The second-order valence-electron chi connectivity index (χ2n) is 2.38. The Hall–Kier alpha value is -1.13. The first-order valence-corrected chi connectivity index (χ1v) is 5.15. The van der Waals surface area contributed by atoms with Gasteiger partial charge in [-0.1, -0.05) is 24.8 Å². The van der Waals surface area contributed by atoms with Crippen LogP contribution in [0.4, 0.5) is 5.69 Å². The van der Waals surface area contributed by atoms with E-state index in [2.05, 4.69) is 6.58 Å². The zero-order valence-electron chi connectivity index (χ0n) is 7.37. The summed E-state index contributed by atoms with van der Waals surface area (Å²) >= 11 is 0. The minimum absolute atomic E-state index is 0.792. The first kappa shape index (κ1) is 12.9. The maximum atomic E-state index is 8.88. The molecule has 0 saturated carbocycles. The third-order valence-electron chi connectivity index (χ3n) is 1.17. The molecule has 0 bridgehead atoms. The number of nitrogen functional groups attached to an aromatic ring is 1. The van der Waals surface area contributed by atoms with Crippen LogP contribution in [-0.4, -0.2) is 14.7 Å².